The normalized spacial score (nSPS) is 10.9. The molecule has 110 valence electrons. The summed E-state index contributed by atoms with van der Waals surface area (Å²) in [7, 11) is 0. The molecule has 0 aliphatic heterocycles. The van der Waals surface area contributed by atoms with Crippen molar-refractivity contribution in [3.63, 3.8) is 0 Å². The number of rotatable bonds is 8. The predicted molar refractivity (Wildman–Crippen MR) is 74.7 cm³/mol. The molecule has 20 heavy (non-hydrogen) atoms. The summed E-state index contributed by atoms with van der Waals surface area (Å²) < 4.78 is 5.41. The topological polar surface area (TPSA) is 87.7 Å². The number of carbonyl (C=O) groups is 2. The third-order valence-electron chi connectivity index (χ3n) is 2.66. The minimum atomic E-state index is -1.13. The molecule has 0 radical (unpaired) electrons. The van der Waals surface area contributed by atoms with Gasteiger partial charge >= 0.3 is 5.97 Å². The van der Waals surface area contributed by atoms with Gasteiger partial charge in [0.1, 0.15) is 17.9 Å². The van der Waals surface area contributed by atoms with Gasteiger partial charge in [-0.1, -0.05) is 18.2 Å². The first-order chi connectivity index (χ1) is 9.42. The highest BCUT2D eigenvalue weighted by atomic mass is 16.5. The smallest absolute Gasteiger partial charge is 0.323 e. The van der Waals surface area contributed by atoms with Gasteiger partial charge in [0.05, 0.1) is 13.1 Å². The van der Waals surface area contributed by atoms with Crippen LogP contribution in [-0.4, -0.2) is 42.2 Å². The van der Waals surface area contributed by atoms with E-state index in [0.29, 0.717) is 13.2 Å². The zero-order chi connectivity index (χ0) is 15.0. The summed E-state index contributed by atoms with van der Waals surface area (Å²) in [5.41, 5.74) is -1.13. The second-order valence-electron chi connectivity index (χ2n) is 4.80. The fourth-order valence-electron chi connectivity index (χ4n) is 1.32. The lowest BCUT2D eigenvalue weighted by Crippen LogP contribution is -2.50. The van der Waals surface area contributed by atoms with Crippen LogP contribution in [-0.2, 0) is 9.59 Å². The molecule has 0 unspecified atom stereocenters. The van der Waals surface area contributed by atoms with Gasteiger partial charge in [-0.2, -0.15) is 0 Å². The maximum Gasteiger partial charge on any atom is 0.323 e. The van der Waals surface area contributed by atoms with Crippen molar-refractivity contribution in [1.82, 2.24) is 10.6 Å². The summed E-state index contributed by atoms with van der Waals surface area (Å²) in [5, 5.41) is 14.2. The lowest BCUT2D eigenvalue weighted by molar-refractivity contribution is -0.143. The second kappa shape index (κ2) is 7.49. The van der Waals surface area contributed by atoms with Crippen molar-refractivity contribution in [2.45, 2.75) is 19.4 Å². The molecule has 0 bridgehead atoms. The van der Waals surface area contributed by atoms with Crippen LogP contribution in [0.1, 0.15) is 13.8 Å². The molecule has 1 amide bonds. The van der Waals surface area contributed by atoms with Crippen LogP contribution in [0.2, 0.25) is 0 Å². The predicted octanol–water partition coefficient (Wildman–Crippen LogP) is 0.634. The highest BCUT2D eigenvalue weighted by Gasteiger charge is 2.26. The van der Waals surface area contributed by atoms with E-state index in [1.807, 2.05) is 30.3 Å². The maximum absolute atomic E-state index is 11.5. The standard InChI is InChI=1S/C14H20N2O4/c1-14(2,13(18)19)16-10-12(17)15-8-9-20-11-6-4-3-5-7-11/h3-7,16H,8-10H2,1-2H3,(H,15,17)(H,18,19). The summed E-state index contributed by atoms with van der Waals surface area (Å²) in [6.45, 7) is 3.67. The molecule has 0 saturated heterocycles. The molecular weight excluding hydrogens is 260 g/mol. The molecule has 1 aromatic carbocycles. The van der Waals surface area contributed by atoms with Crippen molar-refractivity contribution in [2.75, 3.05) is 19.7 Å². The number of carboxylic acid groups (broad SMARTS) is 1. The van der Waals surface area contributed by atoms with Gasteiger partial charge < -0.3 is 15.2 Å². The first-order valence-corrected chi connectivity index (χ1v) is 6.35. The van der Waals surface area contributed by atoms with E-state index in [-0.39, 0.29) is 12.5 Å². The van der Waals surface area contributed by atoms with E-state index in [1.165, 1.54) is 13.8 Å². The zero-order valence-electron chi connectivity index (χ0n) is 11.7. The SMILES string of the molecule is CC(C)(NCC(=O)NCCOc1ccccc1)C(=O)O. The van der Waals surface area contributed by atoms with E-state index in [4.69, 9.17) is 9.84 Å². The summed E-state index contributed by atoms with van der Waals surface area (Å²) >= 11 is 0. The van der Waals surface area contributed by atoms with E-state index in [2.05, 4.69) is 10.6 Å². The number of hydrogen-bond acceptors (Lipinski definition) is 4. The van der Waals surface area contributed by atoms with Gasteiger partial charge in [0.15, 0.2) is 0 Å². The lowest BCUT2D eigenvalue weighted by atomic mass is 10.1. The molecule has 3 N–H and O–H groups in total. The minimum absolute atomic E-state index is 0.0510. The van der Waals surface area contributed by atoms with Crippen LogP contribution in [0.3, 0.4) is 0 Å². The van der Waals surface area contributed by atoms with E-state index in [1.54, 1.807) is 0 Å². The average Bonchev–Trinajstić information content (AvgIpc) is 2.42. The Balaban J connectivity index is 2.16. The third-order valence-corrected chi connectivity index (χ3v) is 2.66. The minimum Gasteiger partial charge on any atom is -0.492 e. The van der Waals surface area contributed by atoms with Crippen LogP contribution in [0.25, 0.3) is 0 Å². The molecule has 0 aromatic heterocycles. The van der Waals surface area contributed by atoms with Gasteiger partial charge in [-0.3, -0.25) is 14.9 Å². The number of hydrogen-bond donors (Lipinski definition) is 3. The fourth-order valence-corrected chi connectivity index (χ4v) is 1.32. The molecule has 0 saturated carbocycles. The average molecular weight is 280 g/mol. The Labute approximate surface area is 118 Å². The molecule has 0 spiro atoms. The molecule has 0 heterocycles. The first kappa shape index (κ1) is 16.0. The monoisotopic (exact) mass is 280 g/mol. The number of para-hydroxylation sites is 1. The van der Waals surface area contributed by atoms with Gasteiger partial charge in [0.2, 0.25) is 5.91 Å². The van der Waals surface area contributed by atoms with Crippen LogP contribution >= 0.6 is 0 Å². The van der Waals surface area contributed by atoms with Crippen molar-refractivity contribution >= 4 is 11.9 Å². The third kappa shape index (κ3) is 5.71. The molecule has 1 rings (SSSR count). The lowest BCUT2D eigenvalue weighted by Gasteiger charge is -2.20. The Morgan fingerprint density at radius 1 is 1.25 bits per heavy atom. The molecule has 0 aliphatic carbocycles. The van der Waals surface area contributed by atoms with Gasteiger partial charge in [-0.25, -0.2) is 0 Å². The summed E-state index contributed by atoms with van der Waals surface area (Å²) in [6.07, 6.45) is 0. The van der Waals surface area contributed by atoms with Crippen LogP contribution in [0.5, 0.6) is 5.75 Å². The van der Waals surface area contributed by atoms with Crippen molar-refractivity contribution in [3.05, 3.63) is 30.3 Å². The number of carboxylic acids is 1. The second-order valence-corrected chi connectivity index (χ2v) is 4.80. The fraction of sp³-hybridized carbons (Fsp3) is 0.429. The molecule has 6 heteroatoms. The molecular formula is C14H20N2O4. The van der Waals surface area contributed by atoms with Crippen LogP contribution in [0.4, 0.5) is 0 Å². The van der Waals surface area contributed by atoms with E-state index in [9.17, 15) is 9.59 Å². The van der Waals surface area contributed by atoms with Crippen LogP contribution < -0.4 is 15.4 Å². The van der Waals surface area contributed by atoms with Crippen molar-refractivity contribution in [3.8, 4) is 5.75 Å². The van der Waals surface area contributed by atoms with Crippen molar-refractivity contribution in [2.24, 2.45) is 0 Å². The van der Waals surface area contributed by atoms with E-state index < -0.39 is 11.5 Å². The number of benzene rings is 1. The summed E-state index contributed by atoms with van der Waals surface area (Å²) in [6, 6.07) is 9.29. The number of ether oxygens (including phenoxy) is 1. The number of aliphatic carboxylic acids is 1. The molecule has 0 atom stereocenters. The largest absolute Gasteiger partial charge is 0.492 e. The highest BCUT2D eigenvalue weighted by molar-refractivity contribution is 5.81. The Morgan fingerprint density at radius 2 is 1.90 bits per heavy atom. The van der Waals surface area contributed by atoms with Crippen LogP contribution in [0.15, 0.2) is 30.3 Å². The number of amides is 1. The van der Waals surface area contributed by atoms with Gasteiger partial charge in [0, 0.05) is 0 Å². The van der Waals surface area contributed by atoms with E-state index in [0.717, 1.165) is 5.75 Å². The maximum atomic E-state index is 11.5. The number of carbonyl (C=O) groups excluding carboxylic acids is 1. The van der Waals surface area contributed by atoms with Gasteiger partial charge in [0.25, 0.3) is 0 Å². The Hall–Kier alpha value is -2.08. The van der Waals surface area contributed by atoms with E-state index >= 15 is 0 Å². The van der Waals surface area contributed by atoms with Crippen molar-refractivity contribution < 1.29 is 19.4 Å². The zero-order valence-corrected chi connectivity index (χ0v) is 11.7. The molecule has 6 nitrogen and oxygen atoms in total. The van der Waals surface area contributed by atoms with Gasteiger partial charge in [-0.15, -0.1) is 0 Å². The Bertz CT molecular complexity index is 446. The Kier molecular flexibility index (Phi) is 5.99. The summed E-state index contributed by atoms with van der Waals surface area (Å²) in [4.78, 5) is 22.3. The van der Waals surface area contributed by atoms with Gasteiger partial charge in [-0.05, 0) is 26.0 Å². The highest BCUT2D eigenvalue weighted by Crippen LogP contribution is 2.07. The molecule has 1 aromatic rings. The Morgan fingerprint density at radius 3 is 2.50 bits per heavy atom. The molecule has 0 fully saturated rings. The number of nitrogens with one attached hydrogen (secondary N) is 2. The quantitative estimate of drug-likeness (QED) is 0.608. The summed E-state index contributed by atoms with van der Waals surface area (Å²) in [5.74, 6) is -0.527. The first-order valence-electron chi connectivity index (χ1n) is 6.35. The van der Waals surface area contributed by atoms with Crippen LogP contribution in [0, 0.1) is 0 Å². The van der Waals surface area contributed by atoms with Crippen molar-refractivity contribution in [1.29, 1.82) is 0 Å². The molecule has 0 aliphatic rings.